The fourth-order valence-corrected chi connectivity index (χ4v) is 3.67. The van der Waals surface area contributed by atoms with Crippen molar-refractivity contribution in [3.63, 3.8) is 0 Å². The van der Waals surface area contributed by atoms with Gasteiger partial charge in [0, 0.05) is 44.5 Å². The summed E-state index contributed by atoms with van der Waals surface area (Å²) < 4.78 is 20.2. The number of carbonyl (C=O) groups excluding carboxylic acids is 1. The lowest BCUT2D eigenvalue weighted by atomic mass is 10.1. The van der Waals surface area contributed by atoms with Crippen LogP contribution in [0.5, 0.6) is 11.5 Å². The highest BCUT2D eigenvalue weighted by Crippen LogP contribution is 2.28. The third-order valence-electron chi connectivity index (χ3n) is 5.63. The molecule has 172 valence electrons. The van der Waals surface area contributed by atoms with Gasteiger partial charge in [0.2, 0.25) is 0 Å². The van der Waals surface area contributed by atoms with Crippen LogP contribution in [0.4, 0.5) is 15.8 Å². The van der Waals surface area contributed by atoms with Crippen LogP contribution >= 0.6 is 0 Å². The summed E-state index contributed by atoms with van der Waals surface area (Å²) in [5.74, 6) is 0.127. The van der Waals surface area contributed by atoms with E-state index in [1.165, 1.54) is 42.2 Å². The van der Waals surface area contributed by atoms with Gasteiger partial charge in [-0.05, 0) is 49.0 Å². The molecule has 0 saturated carbocycles. The minimum Gasteiger partial charge on any atom is -0.453 e. The Bertz CT molecular complexity index is 1190. The Hall–Kier alpha value is -3.72. The molecule has 9 heteroatoms. The number of aryl methyl sites for hydroxylation is 1. The standard InChI is InChI=1S/C24H26FN5O3/c1-3-29-11-13-30(14-12-29)23(31)17-5-4-6-19(15-17)27-22-21(16-26-28(2)24(22)32)33-20-9-7-18(25)8-10-20/h4-10,15-16,27H,3,11-14H2,1-2H3. The van der Waals surface area contributed by atoms with Crippen LogP contribution in [0.1, 0.15) is 17.3 Å². The van der Waals surface area contributed by atoms with Crippen molar-refractivity contribution in [3.8, 4) is 11.5 Å². The lowest BCUT2D eigenvalue weighted by Crippen LogP contribution is -2.48. The Kier molecular flexibility index (Phi) is 6.69. The number of halogens is 1. The number of rotatable bonds is 6. The first-order valence-corrected chi connectivity index (χ1v) is 10.8. The van der Waals surface area contributed by atoms with Crippen LogP contribution in [0.3, 0.4) is 0 Å². The Morgan fingerprint density at radius 2 is 1.85 bits per heavy atom. The highest BCUT2D eigenvalue weighted by atomic mass is 19.1. The fraction of sp³-hybridized carbons (Fsp3) is 0.292. The molecule has 1 N–H and O–H groups in total. The molecule has 33 heavy (non-hydrogen) atoms. The second-order valence-corrected chi connectivity index (χ2v) is 7.80. The summed E-state index contributed by atoms with van der Waals surface area (Å²) in [7, 11) is 1.53. The molecule has 3 aromatic rings. The minimum absolute atomic E-state index is 0.0418. The maximum absolute atomic E-state index is 13.2. The quantitative estimate of drug-likeness (QED) is 0.620. The van der Waals surface area contributed by atoms with Crippen molar-refractivity contribution in [1.82, 2.24) is 19.6 Å². The summed E-state index contributed by atoms with van der Waals surface area (Å²) in [5.41, 5.74) is 0.872. The number of carbonyl (C=O) groups is 1. The first-order valence-electron chi connectivity index (χ1n) is 10.8. The molecule has 1 aliphatic heterocycles. The number of likely N-dealkylation sites (N-methyl/N-ethyl adjacent to an activating group) is 1. The summed E-state index contributed by atoms with van der Waals surface area (Å²) in [6, 6.07) is 12.5. The highest BCUT2D eigenvalue weighted by Gasteiger charge is 2.22. The number of ether oxygens (including phenoxy) is 1. The van der Waals surface area contributed by atoms with Crippen LogP contribution in [0.2, 0.25) is 0 Å². The average molecular weight is 452 g/mol. The summed E-state index contributed by atoms with van der Waals surface area (Å²) in [6.07, 6.45) is 1.41. The zero-order chi connectivity index (χ0) is 23.4. The van der Waals surface area contributed by atoms with E-state index in [4.69, 9.17) is 4.74 Å². The number of amides is 1. The normalized spacial score (nSPS) is 14.2. The summed E-state index contributed by atoms with van der Waals surface area (Å²) >= 11 is 0. The van der Waals surface area contributed by atoms with Gasteiger partial charge in [0.1, 0.15) is 11.6 Å². The minimum atomic E-state index is -0.401. The van der Waals surface area contributed by atoms with Crippen LogP contribution in [-0.4, -0.2) is 58.2 Å². The van der Waals surface area contributed by atoms with E-state index in [0.29, 0.717) is 30.1 Å². The smallest absolute Gasteiger partial charge is 0.294 e. The first kappa shape index (κ1) is 22.5. The van der Waals surface area contributed by atoms with Crippen LogP contribution in [0, 0.1) is 5.82 Å². The maximum atomic E-state index is 13.2. The molecule has 2 heterocycles. The van der Waals surface area contributed by atoms with E-state index < -0.39 is 5.56 Å². The summed E-state index contributed by atoms with van der Waals surface area (Å²) in [5, 5.41) is 7.09. The van der Waals surface area contributed by atoms with E-state index in [9.17, 15) is 14.0 Å². The molecular weight excluding hydrogens is 425 g/mol. The summed E-state index contributed by atoms with van der Waals surface area (Å²) in [4.78, 5) is 29.9. The van der Waals surface area contributed by atoms with Crippen molar-refractivity contribution < 1.29 is 13.9 Å². The molecule has 4 rings (SSSR count). The van der Waals surface area contributed by atoms with E-state index >= 15 is 0 Å². The average Bonchev–Trinajstić information content (AvgIpc) is 2.85. The number of nitrogens with zero attached hydrogens (tertiary/aromatic N) is 4. The van der Waals surface area contributed by atoms with Crippen molar-refractivity contribution in [2.75, 3.05) is 38.0 Å². The van der Waals surface area contributed by atoms with Crippen molar-refractivity contribution in [1.29, 1.82) is 0 Å². The van der Waals surface area contributed by atoms with Crippen molar-refractivity contribution >= 4 is 17.3 Å². The zero-order valence-electron chi connectivity index (χ0n) is 18.6. The van der Waals surface area contributed by atoms with Crippen molar-refractivity contribution in [2.24, 2.45) is 7.05 Å². The lowest BCUT2D eigenvalue weighted by Gasteiger charge is -2.34. The molecule has 1 fully saturated rings. The molecular formula is C24H26FN5O3. The third-order valence-corrected chi connectivity index (χ3v) is 5.63. The van der Waals surface area contributed by atoms with Gasteiger partial charge in [-0.15, -0.1) is 0 Å². The van der Waals surface area contributed by atoms with E-state index in [-0.39, 0.29) is 23.2 Å². The number of benzene rings is 2. The van der Waals surface area contributed by atoms with Gasteiger partial charge in [0.25, 0.3) is 11.5 Å². The molecule has 1 aliphatic rings. The van der Waals surface area contributed by atoms with E-state index in [1.807, 2.05) is 4.90 Å². The number of hydrogen-bond donors (Lipinski definition) is 1. The van der Waals surface area contributed by atoms with Gasteiger partial charge < -0.3 is 19.9 Å². The molecule has 0 bridgehead atoms. The van der Waals surface area contributed by atoms with Gasteiger partial charge in [-0.3, -0.25) is 9.59 Å². The molecule has 1 amide bonds. The molecule has 8 nitrogen and oxygen atoms in total. The van der Waals surface area contributed by atoms with E-state index in [1.54, 1.807) is 24.3 Å². The van der Waals surface area contributed by atoms with Crippen LogP contribution in [0.15, 0.2) is 59.5 Å². The Morgan fingerprint density at radius 1 is 1.12 bits per heavy atom. The molecule has 0 unspecified atom stereocenters. The number of nitrogens with one attached hydrogen (secondary N) is 1. The van der Waals surface area contributed by atoms with Gasteiger partial charge in [-0.2, -0.15) is 5.10 Å². The van der Waals surface area contributed by atoms with Crippen molar-refractivity contribution in [3.05, 3.63) is 76.5 Å². The van der Waals surface area contributed by atoms with Crippen molar-refractivity contribution in [2.45, 2.75) is 6.92 Å². The van der Waals surface area contributed by atoms with Gasteiger partial charge in [-0.25, -0.2) is 9.07 Å². The van der Waals surface area contributed by atoms with Crippen LogP contribution in [-0.2, 0) is 7.05 Å². The number of hydrogen-bond acceptors (Lipinski definition) is 6. The first-order chi connectivity index (χ1) is 15.9. The third kappa shape index (κ3) is 5.20. The molecule has 1 saturated heterocycles. The molecule has 1 aromatic heterocycles. The number of anilines is 2. The van der Waals surface area contributed by atoms with E-state index in [0.717, 1.165) is 19.6 Å². The second-order valence-electron chi connectivity index (χ2n) is 7.80. The SMILES string of the molecule is CCN1CCN(C(=O)c2cccc(Nc3c(Oc4ccc(F)cc4)cnn(C)c3=O)c2)CC1. The van der Waals surface area contributed by atoms with Gasteiger partial charge in [0.15, 0.2) is 11.4 Å². The topological polar surface area (TPSA) is 79.7 Å². The molecule has 0 aliphatic carbocycles. The van der Waals surface area contributed by atoms with Gasteiger partial charge in [-0.1, -0.05) is 13.0 Å². The Morgan fingerprint density at radius 3 is 2.55 bits per heavy atom. The second kappa shape index (κ2) is 9.83. The molecule has 0 radical (unpaired) electrons. The predicted molar refractivity (Wildman–Crippen MR) is 124 cm³/mol. The largest absolute Gasteiger partial charge is 0.453 e. The highest BCUT2D eigenvalue weighted by molar-refractivity contribution is 5.95. The van der Waals surface area contributed by atoms with Gasteiger partial charge in [0.05, 0.1) is 6.20 Å². The Balaban J connectivity index is 1.56. The molecule has 0 spiro atoms. The van der Waals surface area contributed by atoms with Crippen LogP contribution < -0.4 is 15.6 Å². The molecule has 2 aromatic carbocycles. The zero-order valence-corrected chi connectivity index (χ0v) is 18.6. The Labute approximate surface area is 191 Å². The van der Waals surface area contributed by atoms with Crippen LogP contribution in [0.25, 0.3) is 0 Å². The fourth-order valence-electron chi connectivity index (χ4n) is 3.67. The maximum Gasteiger partial charge on any atom is 0.294 e. The molecule has 0 atom stereocenters. The summed E-state index contributed by atoms with van der Waals surface area (Å²) in [6.45, 7) is 6.18. The number of piperazine rings is 1. The van der Waals surface area contributed by atoms with Gasteiger partial charge >= 0.3 is 0 Å². The lowest BCUT2D eigenvalue weighted by molar-refractivity contribution is 0.0643. The monoisotopic (exact) mass is 451 g/mol. The predicted octanol–water partition coefficient (Wildman–Crippen LogP) is 3.23. The van der Waals surface area contributed by atoms with E-state index in [2.05, 4.69) is 22.2 Å². The number of aromatic nitrogens is 2.